The number of benzene rings is 1. The lowest BCUT2D eigenvalue weighted by Gasteiger charge is -2.33. The maximum atomic E-state index is 13.7. The molecule has 23 heavy (non-hydrogen) atoms. The van der Waals surface area contributed by atoms with Crippen LogP contribution < -0.4 is 10.9 Å². The molecule has 1 aliphatic heterocycles. The first kappa shape index (κ1) is 17.6. The summed E-state index contributed by atoms with van der Waals surface area (Å²) in [6.45, 7) is 1.53. The van der Waals surface area contributed by atoms with Crippen molar-refractivity contribution in [2.24, 2.45) is 0 Å². The van der Waals surface area contributed by atoms with Crippen LogP contribution in [-0.4, -0.2) is 24.3 Å². The highest BCUT2D eigenvalue weighted by atomic mass is 35.5. The Morgan fingerprint density at radius 2 is 1.87 bits per heavy atom. The first-order valence-electron chi connectivity index (χ1n) is 6.95. The maximum absolute atomic E-state index is 13.7. The van der Waals surface area contributed by atoms with Crippen LogP contribution in [0.25, 0.3) is 0 Å². The van der Waals surface area contributed by atoms with Crippen LogP contribution in [-0.2, 0) is 21.8 Å². The molecule has 0 aromatic heterocycles. The molecule has 0 radical (unpaired) electrons. The number of ether oxygens (including phenoxy) is 1. The van der Waals surface area contributed by atoms with E-state index in [0.717, 1.165) is 11.8 Å². The van der Waals surface area contributed by atoms with Gasteiger partial charge in [0.2, 0.25) is 0 Å². The molecule has 4 nitrogen and oxygen atoms in total. The summed E-state index contributed by atoms with van der Waals surface area (Å²) < 4.78 is 45.9. The molecule has 1 atom stereocenters. The molecule has 1 heterocycles. The first-order chi connectivity index (χ1) is 10.8. The van der Waals surface area contributed by atoms with E-state index >= 15 is 0 Å². The van der Waals surface area contributed by atoms with E-state index in [-0.39, 0.29) is 12.5 Å². The average Bonchev–Trinajstić information content (AvgIpc) is 2.93. The monoisotopic (exact) mass is 348 g/mol. The van der Waals surface area contributed by atoms with Gasteiger partial charge in [-0.2, -0.15) is 13.2 Å². The second-order valence-corrected chi connectivity index (χ2v) is 5.35. The van der Waals surface area contributed by atoms with E-state index in [0.29, 0.717) is 5.56 Å². The van der Waals surface area contributed by atoms with Crippen LogP contribution in [0.3, 0.4) is 0 Å². The van der Waals surface area contributed by atoms with Crippen molar-refractivity contribution in [2.75, 3.05) is 6.61 Å². The zero-order valence-electron chi connectivity index (χ0n) is 12.3. The first-order valence-corrected chi connectivity index (χ1v) is 7.48. The Bertz CT molecular complexity index is 602. The van der Waals surface area contributed by atoms with Gasteiger partial charge in [-0.3, -0.25) is 0 Å². The van der Waals surface area contributed by atoms with Crippen molar-refractivity contribution in [1.82, 2.24) is 10.9 Å². The highest BCUT2D eigenvalue weighted by molar-refractivity contribution is 6.17. The second kappa shape index (κ2) is 6.80. The molecule has 8 heteroatoms. The number of hydrazine groups is 1. The Morgan fingerprint density at radius 3 is 2.39 bits per heavy atom. The Kier molecular flexibility index (Phi) is 5.21. The van der Waals surface area contributed by atoms with Crippen LogP contribution in [0.2, 0.25) is 0 Å². The van der Waals surface area contributed by atoms with Crippen LogP contribution in [0.5, 0.6) is 0 Å². The number of hydrogen-bond donors (Lipinski definition) is 2. The van der Waals surface area contributed by atoms with Crippen molar-refractivity contribution in [3.63, 3.8) is 0 Å². The molecule has 0 bridgehead atoms. The molecule has 1 unspecified atom stereocenters. The Morgan fingerprint density at radius 1 is 1.26 bits per heavy atom. The highest BCUT2D eigenvalue weighted by Crippen LogP contribution is 2.40. The van der Waals surface area contributed by atoms with Crippen molar-refractivity contribution in [2.45, 2.75) is 30.9 Å². The number of alkyl halides is 4. The number of nitrogens with one attached hydrogen (secondary N) is 2. The smallest absolute Gasteiger partial charge is 0.413 e. The van der Waals surface area contributed by atoms with E-state index in [1.807, 2.05) is 0 Å². The van der Waals surface area contributed by atoms with E-state index < -0.39 is 29.7 Å². The summed E-state index contributed by atoms with van der Waals surface area (Å²) in [6, 6.07) is 6.44. The molecule has 1 aromatic carbocycles. The van der Waals surface area contributed by atoms with E-state index in [2.05, 4.69) is 10.9 Å². The van der Waals surface area contributed by atoms with Gasteiger partial charge in [0, 0.05) is 18.5 Å². The van der Waals surface area contributed by atoms with Crippen LogP contribution in [0, 0.1) is 0 Å². The molecule has 0 saturated heterocycles. The molecule has 2 N–H and O–H groups in total. The topological polar surface area (TPSA) is 50.4 Å². The average molecular weight is 349 g/mol. The van der Waals surface area contributed by atoms with Crippen molar-refractivity contribution in [3.8, 4) is 0 Å². The number of carbonyl (C=O) groups excluding carboxylic acids is 1. The van der Waals surface area contributed by atoms with Gasteiger partial charge in [0.1, 0.15) is 0 Å². The molecule has 2 rings (SSSR count). The van der Waals surface area contributed by atoms with E-state index in [4.69, 9.17) is 16.3 Å². The van der Waals surface area contributed by atoms with Gasteiger partial charge in [0.05, 0.1) is 12.2 Å². The fourth-order valence-electron chi connectivity index (χ4n) is 2.38. The molecular formula is C15H16ClF3N2O2. The summed E-state index contributed by atoms with van der Waals surface area (Å²) >= 11 is 5.68. The van der Waals surface area contributed by atoms with Crippen molar-refractivity contribution in [1.29, 1.82) is 0 Å². The third kappa shape index (κ3) is 3.45. The quantitative estimate of drug-likeness (QED) is 0.634. The van der Waals surface area contributed by atoms with Crippen molar-refractivity contribution < 1.29 is 22.7 Å². The van der Waals surface area contributed by atoms with E-state index in [1.165, 1.54) is 6.92 Å². The number of halogens is 4. The van der Waals surface area contributed by atoms with Gasteiger partial charge in [-0.15, -0.1) is 11.6 Å². The lowest BCUT2D eigenvalue weighted by Crippen LogP contribution is -2.60. The largest absolute Gasteiger partial charge is 0.463 e. The lowest BCUT2D eigenvalue weighted by atomic mass is 9.84. The minimum absolute atomic E-state index is 0.00543. The molecule has 1 aromatic rings. The fourth-order valence-corrected chi connectivity index (χ4v) is 2.56. The van der Waals surface area contributed by atoms with Gasteiger partial charge in [0.15, 0.2) is 5.54 Å². The maximum Gasteiger partial charge on any atom is 0.413 e. The molecule has 126 valence electrons. The SMILES string of the molecule is CCOC(=O)C1=CNNC1(Cc1ccc(CCl)cc1)C(F)(F)F. The Hall–Kier alpha value is -1.73. The van der Waals surface area contributed by atoms with Crippen molar-refractivity contribution in [3.05, 3.63) is 47.2 Å². The normalized spacial score (nSPS) is 20.8. The van der Waals surface area contributed by atoms with Crippen LogP contribution in [0.15, 0.2) is 36.0 Å². The van der Waals surface area contributed by atoms with Gasteiger partial charge in [-0.1, -0.05) is 24.3 Å². The Labute approximate surface area is 136 Å². The number of carbonyl (C=O) groups is 1. The molecular weight excluding hydrogens is 333 g/mol. The van der Waals surface area contributed by atoms with E-state index in [1.54, 1.807) is 24.3 Å². The predicted octanol–water partition coefficient (Wildman–Crippen LogP) is 2.82. The molecule has 0 fully saturated rings. The molecule has 0 aliphatic carbocycles. The number of hydrogen-bond acceptors (Lipinski definition) is 4. The fraction of sp³-hybridized carbons (Fsp3) is 0.400. The Balaban J connectivity index is 2.36. The third-order valence-electron chi connectivity index (χ3n) is 3.59. The number of rotatable bonds is 5. The van der Waals surface area contributed by atoms with Gasteiger partial charge in [0.25, 0.3) is 0 Å². The molecule has 1 aliphatic rings. The zero-order valence-corrected chi connectivity index (χ0v) is 13.1. The third-order valence-corrected chi connectivity index (χ3v) is 3.90. The zero-order chi connectivity index (χ0) is 17.1. The van der Waals surface area contributed by atoms with Crippen LogP contribution in [0.1, 0.15) is 18.1 Å². The molecule has 0 amide bonds. The summed E-state index contributed by atoms with van der Waals surface area (Å²) in [5, 5.41) is 0. The van der Waals surface area contributed by atoms with Gasteiger partial charge in [-0.25, -0.2) is 10.2 Å². The van der Waals surface area contributed by atoms with Crippen molar-refractivity contribution >= 4 is 17.6 Å². The minimum atomic E-state index is -4.69. The van der Waals surface area contributed by atoms with Gasteiger partial charge in [-0.05, 0) is 18.1 Å². The summed E-state index contributed by atoms with van der Waals surface area (Å²) in [6.07, 6.45) is -4.14. The number of esters is 1. The summed E-state index contributed by atoms with van der Waals surface area (Å²) in [5.41, 5.74) is 2.67. The highest BCUT2D eigenvalue weighted by Gasteiger charge is 2.61. The van der Waals surface area contributed by atoms with Crippen LogP contribution in [0.4, 0.5) is 13.2 Å². The predicted molar refractivity (Wildman–Crippen MR) is 79.5 cm³/mol. The second-order valence-electron chi connectivity index (χ2n) is 5.08. The minimum Gasteiger partial charge on any atom is -0.463 e. The summed E-state index contributed by atoms with van der Waals surface area (Å²) in [7, 11) is 0. The van der Waals surface area contributed by atoms with E-state index in [9.17, 15) is 18.0 Å². The van der Waals surface area contributed by atoms with Crippen LogP contribution >= 0.6 is 11.6 Å². The molecule has 0 saturated carbocycles. The van der Waals surface area contributed by atoms with Gasteiger partial charge < -0.3 is 10.2 Å². The van der Waals surface area contributed by atoms with Gasteiger partial charge >= 0.3 is 12.1 Å². The summed E-state index contributed by atoms with van der Waals surface area (Å²) in [5.74, 6) is -0.724. The standard InChI is InChI=1S/C15H16ClF3N2O2/c1-2-23-13(22)12-9-20-21-14(12,15(17,18)19)7-10-3-5-11(8-16)6-4-10/h3-6,9,20-21H,2,7-8H2,1H3. The molecule has 0 spiro atoms. The lowest BCUT2D eigenvalue weighted by molar-refractivity contribution is -0.188. The summed E-state index contributed by atoms with van der Waals surface area (Å²) in [4.78, 5) is 11.9.